The van der Waals surface area contributed by atoms with Gasteiger partial charge in [-0.05, 0) is 12.1 Å². The van der Waals surface area contributed by atoms with Crippen LogP contribution in [0, 0.1) is 0 Å². The van der Waals surface area contributed by atoms with E-state index in [4.69, 9.17) is 33.4 Å². The maximum Gasteiger partial charge on any atom is 0.203 e. The van der Waals surface area contributed by atoms with Gasteiger partial charge in [0.15, 0.2) is 28.1 Å². The highest BCUT2D eigenvalue weighted by molar-refractivity contribution is 7.22. The van der Waals surface area contributed by atoms with Crippen molar-refractivity contribution in [3.8, 4) is 45.9 Å². The molecule has 3 aromatic carbocycles. The Balaban J connectivity index is 1.32. The Bertz CT molecular complexity index is 1780. The van der Waals surface area contributed by atoms with Gasteiger partial charge in [-0.25, -0.2) is 14.3 Å². The van der Waals surface area contributed by atoms with Crippen molar-refractivity contribution in [2.24, 2.45) is 0 Å². The molecule has 0 radical (unpaired) electrons. The van der Waals surface area contributed by atoms with Crippen LogP contribution in [0.1, 0.15) is 11.4 Å². The number of ether oxygens (including phenoxy) is 6. The minimum atomic E-state index is 0.404. The summed E-state index contributed by atoms with van der Waals surface area (Å²) in [4.78, 5) is 7.00. The van der Waals surface area contributed by atoms with Gasteiger partial charge in [-0.3, -0.25) is 0 Å². The van der Waals surface area contributed by atoms with Gasteiger partial charge in [0.05, 0.1) is 89.7 Å². The number of aromatic nitrogens is 7. The van der Waals surface area contributed by atoms with E-state index in [0.29, 0.717) is 70.3 Å². The van der Waals surface area contributed by atoms with E-state index < -0.39 is 0 Å². The lowest BCUT2D eigenvalue weighted by atomic mass is 10.2. The van der Waals surface area contributed by atoms with Gasteiger partial charge in [0.1, 0.15) is 11.4 Å². The Hall–Kier alpha value is -5.57. The van der Waals surface area contributed by atoms with Crippen LogP contribution in [-0.4, -0.2) is 77.6 Å². The molecule has 0 atom stereocenters. The fourth-order valence-electron chi connectivity index (χ4n) is 4.97. The van der Waals surface area contributed by atoms with Crippen molar-refractivity contribution in [2.45, 2.75) is 13.1 Å². The van der Waals surface area contributed by atoms with Crippen molar-refractivity contribution in [1.29, 1.82) is 0 Å². The highest BCUT2D eigenvalue weighted by Crippen LogP contribution is 2.40. The first-order valence-corrected chi connectivity index (χ1v) is 14.8. The predicted molar refractivity (Wildman–Crippen MR) is 172 cm³/mol. The van der Waals surface area contributed by atoms with E-state index in [1.807, 2.05) is 54.9 Å². The van der Waals surface area contributed by atoms with Crippen LogP contribution in [0.15, 0.2) is 60.9 Å². The van der Waals surface area contributed by atoms with E-state index in [2.05, 4.69) is 31.6 Å². The molecule has 0 fully saturated rings. The van der Waals surface area contributed by atoms with Gasteiger partial charge >= 0.3 is 0 Å². The number of nitrogens with zero attached hydrogens (tertiary/aromatic N) is 8. The number of anilines is 1. The van der Waals surface area contributed by atoms with Crippen molar-refractivity contribution in [1.82, 2.24) is 35.0 Å². The van der Waals surface area contributed by atoms with E-state index in [0.717, 1.165) is 15.3 Å². The fourth-order valence-corrected chi connectivity index (χ4v) is 5.93. The molecule has 0 aliphatic carbocycles. The molecular formula is C31H32N8O6S. The van der Waals surface area contributed by atoms with Gasteiger partial charge in [0, 0.05) is 24.3 Å². The highest BCUT2D eigenvalue weighted by atomic mass is 32.1. The van der Waals surface area contributed by atoms with Crippen LogP contribution in [0.3, 0.4) is 0 Å². The number of para-hydroxylation sites is 1. The summed E-state index contributed by atoms with van der Waals surface area (Å²) in [5, 5.41) is 18.5. The van der Waals surface area contributed by atoms with Gasteiger partial charge in [-0.2, -0.15) is 0 Å². The lowest BCUT2D eigenvalue weighted by Crippen LogP contribution is -2.22. The van der Waals surface area contributed by atoms with Crippen molar-refractivity contribution < 1.29 is 28.4 Å². The van der Waals surface area contributed by atoms with Gasteiger partial charge in [-0.1, -0.05) is 33.9 Å². The van der Waals surface area contributed by atoms with E-state index in [9.17, 15) is 0 Å². The molecule has 14 nitrogen and oxygen atoms in total. The predicted octanol–water partition coefficient (Wildman–Crippen LogP) is 4.72. The van der Waals surface area contributed by atoms with Gasteiger partial charge in [0.2, 0.25) is 11.5 Å². The molecule has 0 unspecified atom stereocenters. The highest BCUT2D eigenvalue weighted by Gasteiger charge is 2.20. The lowest BCUT2D eigenvalue weighted by molar-refractivity contribution is 0.324. The molecule has 0 N–H and O–H groups in total. The summed E-state index contributed by atoms with van der Waals surface area (Å²) < 4.78 is 37.4. The zero-order valence-corrected chi connectivity index (χ0v) is 26.9. The maximum absolute atomic E-state index is 5.52. The second kappa shape index (κ2) is 13.2. The monoisotopic (exact) mass is 644 g/mol. The minimum absolute atomic E-state index is 0.404. The maximum atomic E-state index is 5.52. The first-order chi connectivity index (χ1) is 22.5. The number of hydrogen-bond donors (Lipinski definition) is 0. The average Bonchev–Trinajstić information content (AvgIpc) is 3.86. The van der Waals surface area contributed by atoms with Crippen molar-refractivity contribution in [3.63, 3.8) is 0 Å². The third-order valence-electron chi connectivity index (χ3n) is 7.17. The molecular weight excluding hydrogens is 612 g/mol. The van der Waals surface area contributed by atoms with E-state index in [1.165, 1.54) is 0 Å². The Kier molecular flexibility index (Phi) is 8.74. The molecule has 238 valence electrons. The summed E-state index contributed by atoms with van der Waals surface area (Å²) in [6, 6.07) is 15.3. The SMILES string of the molecule is COc1cc(-n2cc(CN(Cc3cn(-c4cc(OC)c(OC)c(OC)c4)nn3)c3nc4ccccc4s3)nn2)cc(OC)c1OC. The van der Waals surface area contributed by atoms with Crippen LogP contribution in [-0.2, 0) is 13.1 Å². The normalized spacial score (nSPS) is 11.0. The number of hydrogen-bond acceptors (Lipinski definition) is 13. The standard InChI is InChI=1S/C31H32N8O6S/c1-40-24-11-21(12-25(41-2)29(24)44-5)38-17-19(33-35-38)15-37(31-32-23-9-7-8-10-28(23)46-31)16-20-18-39(36-34-20)22-13-26(42-3)30(45-6)27(14-22)43-4/h7-14,17-18H,15-16H2,1-6H3. The second-order valence-electron chi connectivity index (χ2n) is 9.90. The van der Waals surface area contributed by atoms with Crippen molar-refractivity contribution >= 4 is 26.7 Å². The summed E-state index contributed by atoms with van der Waals surface area (Å²) in [7, 11) is 9.41. The molecule has 0 saturated carbocycles. The molecule has 6 rings (SSSR count). The smallest absolute Gasteiger partial charge is 0.203 e. The van der Waals surface area contributed by atoms with Crippen molar-refractivity contribution in [3.05, 3.63) is 72.3 Å². The van der Waals surface area contributed by atoms with E-state index >= 15 is 0 Å². The third kappa shape index (κ3) is 5.91. The molecule has 3 heterocycles. The van der Waals surface area contributed by atoms with Crippen LogP contribution >= 0.6 is 11.3 Å². The van der Waals surface area contributed by atoms with Gasteiger partial charge in [0.25, 0.3) is 0 Å². The quantitative estimate of drug-likeness (QED) is 0.172. The zero-order chi connectivity index (χ0) is 32.2. The van der Waals surface area contributed by atoms with E-state index in [-0.39, 0.29) is 0 Å². The Morgan fingerprint density at radius 3 is 1.50 bits per heavy atom. The molecule has 0 aliphatic rings. The van der Waals surface area contributed by atoms with Crippen molar-refractivity contribution in [2.75, 3.05) is 47.6 Å². The summed E-state index contributed by atoms with van der Waals surface area (Å²) in [6.07, 6.45) is 3.71. The number of thiazole rings is 1. The van der Waals surface area contributed by atoms with Gasteiger partial charge < -0.3 is 33.3 Å². The number of rotatable bonds is 13. The Labute approximate surface area is 268 Å². The topological polar surface area (TPSA) is 133 Å². The second-order valence-corrected chi connectivity index (χ2v) is 10.9. The lowest BCUT2D eigenvalue weighted by Gasteiger charge is -2.19. The summed E-state index contributed by atoms with van der Waals surface area (Å²) >= 11 is 1.59. The summed E-state index contributed by atoms with van der Waals surface area (Å²) in [5.41, 5.74) is 3.74. The third-order valence-corrected chi connectivity index (χ3v) is 8.27. The molecule has 0 aliphatic heterocycles. The minimum Gasteiger partial charge on any atom is -0.493 e. The molecule has 3 aromatic heterocycles. The zero-order valence-electron chi connectivity index (χ0n) is 26.1. The number of fused-ring (bicyclic) bond motifs is 1. The Morgan fingerprint density at radius 2 is 1.09 bits per heavy atom. The molecule has 0 bridgehead atoms. The first kappa shape index (κ1) is 30.5. The summed E-state index contributed by atoms with van der Waals surface area (Å²) in [5.74, 6) is 3.05. The van der Waals surface area contributed by atoms with Crippen LogP contribution in [0.2, 0.25) is 0 Å². The molecule has 15 heteroatoms. The molecule has 0 saturated heterocycles. The first-order valence-electron chi connectivity index (χ1n) is 14.0. The van der Waals surface area contributed by atoms with E-state index in [1.54, 1.807) is 63.4 Å². The molecule has 0 amide bonds. The van der Waals surface area contributed by atoms with Crippen LogP contribution in [0.4, 0.5) is 5.13 Å². The van der Waals surface area contributed by atoms with Crippen LogP contribution < -0.4 is 33.3 Å². The van der Waals surface area contributed by atoms with Crippen LogP contribution in [0.5, 0.6) is 34.5 Å². The largest absolute Gasteiger partial charge is 0.493 e. The Morgan fingerprint density at radius 1 is 0.630 bits per heavy atom. The number of benzene rings is 3. The van der Waals surface area contributed by atoms with Gasteiger partial charge in [-0.15, -0.1) is 10.2 Å². The van der Waals surface area contributed by atoms with Crippen LogP contribution in [0.25, 0.3) is 21.6 Å². The molecule has 46 heavy (non-hydrogen) atoms. The molecule has 0 spiro atoms. The fraction of sp³-hybridized carbons (Fsp3) is 0.258. The average molecular weight is 645 g/mol. The molecule has 6 aromatic rings. The number of methoxy groups -OCH3 is 6. The summed E-state index contributed by atoms with van der Waals surface area (Å²) in [6.45, 7) is 0.808.